The first-order valence-corrected chi connectivity index (χ1v) is 8.46. The molecule has 0 unspecified atom stereocenters. The largest absolute Gasteiger partial charge is 0.338 e. The van der Waals surface area contributed by atoms with Crippen molar-refractivity contribution in [3.05, 3.63) is 45.9 Å². The summed E-state index contributed by atoms with van der Waals surface area (Å²) in [4.78, 5) is 18.7. The lowest BCUT2D eigenvalue weighted by Gasteiger charge is -2.39. The molecule has 1 saturated heterocycles. The molecule has 0 aromatic carbocycles. The summed E-state index contributed by atoms with van der Waals surface area (Å²) in [5.41, 5.74) is 3.64. The number of hydrogen-bond acceptors (Lipinski definition) is 4. The highest BCUT2D eigenvalue weighted by Crippen LogP contribution is 2.19. The summed E-state index contributed by atoms with van der Waals surface area (Å²) < 4.78 is 3.76. The molecule has 0 radical (unpaired) electrons. The Morgan fingerprint density at radius 1 is 1.30 bits per heavy atom. The van der Waals surface area contributed by atoms with E-state index in [4.69, 9.17) is 0 Å². The molecule has 6 heteroatoms. The Balaban J connectivity index is 1.29. The summed E-state index contributed by atoms with van der Waals surface area (Å²) in [7, 11) is 2.03. The van der Waals surface area contributed by atoms with Crippen LogP contribution in [0.15, 0.2) is 23.4 Å². The van der Waals surface area contributed by atoms with Gasteiger partial charge in [-0.3, -0.25) is 4.79 Å². The molecule has 0 N–H and O–H groups in total. The molecule has 0 bridgehead atoms. The van der Waals surface area contributed by atoms with E-state index in [2.05, 4.69) is 19.5 Å². The molecule has 2 aromatic rings. The Labute approximate surface area is 135 Å². The third kappa shape index (κ3) is 2.95. The van der Waals surface area contributed by atoms with Crippen LogP contribution in [-0.4, -0.2) is 43.9 Å². The molecular formula is C17H23N5O. The highest BCUT2D eigenvalue weighted by Gasteiger charge is 2.27. The molecule has 3 heterocycles. The first-order valence-electron chi connectivity index (χ1n) is 8.46. The zero-order chi connectivity index (χ0) is 15.8. The number of fused-ring (bicyclic) bond motifs is 1. The normalized spacial score (nSPS) is 18.1. The molecule has 6 nitrogen and oxygen atoms in total. The van der Waals surface area contributed by atoms with Crippen LogP contribution in [0.4, 0.5) is 0 Å². The average Bonchev–Trinajstić information content (AvgIpc) is 3.10. The summed E-state index contributed by atoms with van der Waals surface area (Å²) in [6, 6.07) is 1.80. The average molecular weight is 313 g/mol. The number of rotatable bonds is 5. The maximum absolute atomic E-state index is 12.1. The molecule has 1 aliphatic heterocycles. The molecule has 0 spiro atoms. The van der Waals surface area contributed by atoms with Crippen molar-refractivity contribution in [2.75, 3.05) is 19.6 Å². The topological polar surface area (TPSA) is 56.0 Å². The standard InChI is InChI=1S/C17H23N5O/c1-20-12-18-8-15(20)5-6-21-9-13(10-21)11-22-17(23)7-14-3-2-4-16(14)19-22/h7-8,12-13H,2-6,9-11H2,1H3. The third-order valence-corrected chi connectivity index (χ3v) is 5.09. The summed E-state index contributed by atoms with van der Waals surface area (Å²) in [5, 5.41) is 4.57. The van der Waals surface area contributed by atoms with E-state index in [9.17, 15) is 4.79 Å². The van der Waals surface area contributed by atoms with Crippen LogP contribution in [0.1, 0.15) is 23.4 Å². The van der Waals surface area contributed by atoms with Gasteiger partial charge in [0, 0.05) is 57.0 Å². The van der Waals surface area contributed by atoms with Gasteiger partial charge in [-0.2, -0.15) is 5.10 Å². The van der Waals surface area contributed by atoms with Gasteiger partial charge < -0.3 is 9.47 Å². The fourth-order valence-electron chi connectivity index (χ4n) is 3.69. The molecule has 2 aliphatic rings. The molecule has 0 atom stereocenters. The molecule has 0 saturated carbocycles. The van der Waals surface area contributed by atoms with E-state index in [0.29, 0.717) is 5.92 Å². The van der Waals surface area contributed by atoms with Gasteiger partial charge in [-0.25, -0.2) is 9.67 Å². The third-order valence-electron chi connectivity index (χ3n) is 5.09. The highest BCUT2D eigenvalue weighted by molar-refractivity contribution is 5.22. The Morgan fingerprint density at radius 3 is 2.96 bits per heavy atom. The summed E-state index contributed by atoms with van der Waals surface area (Å²) in [6.45, 7) is 3.93. The Morgan fingerprint density at radius 2 is 2.17 bits per heavy atom. The lowest BCUT2D eigenvalue weighted by molar-refractivity contribution is 0.0850. The minimum absolute atomic E-state index is 0.0685. The van der Waals surface area contributed by atoms with Gasteiger partial charge in [0.2, 0.25) is 0 Å². The second kappa shape index (κ2) is 5.92. The van der Waals surface area contributed by atoms with Crippen molar-refractivity contribution in [1.29, 1.82) is 0 Å². The molecular weight excluding hydrogens is 290 g/mol. The van der Waals surface area contributed by atoms with Crippen LogP contribution in [-0.2, 0) is 32.9 Å². The minimum Gasteiger partial charge on any atom is -0.338 e. The fourth-order valence-corrected chi connectivity index (χ4v) is 3.69. The summed E-state index contributed by atoms with van der Waals surface area (Å²) >= 11 is 0. The van der Waals surface area contributed by atoms with Gasteiger partial charge in [0.15, 0.2) is 0 Å². The number of aryl methyl sites for hydroxylation is 3. The van der Waals surface area contributed by atoms with Crippen molar-refractivity contribution in [2.24, 2.45) is 13.0 Å². The van der Waals surface area contributed by atoms with Crippen molar-refractivity contribution in [1.82, 2.24) is 24.2 Å². The van der Waals surface area contributed by atoms with Gasteiger partial charge >= 0.3 is 0 Å². The van der Waals surface area contributed by atoms with Crippen LogP contribution in [0.3, 0.4) is 0 Å². The maximum atomic E-state index is 12.1. The second-order valence-electron chi connectivity index (χ2n) is 6.86. The van der Waals surface area contributed by atoms with Crippen LogP contribution >= 0.6 is 0 Å². The van der Waals surface area contributed by atoms with Crippen LogP contribution in [0.25, 0.3) is 0 Å². The van der Waals surface area contributed by atoms with E-state index in [-0.39, 0.29) is 5.56 Å². The van der Waals surface area contributed by atoms with Gasteiger partial charge in [0.25, 0.3) is 5.56 Å². The number of hydrogen-bond donors (Lipinski definition) is 0. The first-order chi connectivity index (χ1) is 11.2. The molecule has 1 aliphatic carbocycles. The van der Waals surface area contributed by atoms with E-state index in [1.165, 1.54) is 5.69 Å². The first kappa shape index (κ1) is 14.6. The van der Waals surface area contributed by atoms with E-state index in [0.717, 1.165) is 63.1 Å². The van der Waals surface area contributed by atoms with Crippen molar-refractivity contribution < 1.29 is 0 Å². The lowest BCUT2D eigenvalue weighted by Crippen LogP contribution is -2.50. The SMILES string of the molecule is Cn1cncc1CCN1CC(Cn2nc3c(cc2=O)CCC3)C1. The molecule has 4 rings (SSSR count). The molecule has 23 heavy (non-hydrogen) atoms. The van der Waals surface area contributed by atoms with E-state index in [1.54, 1.807) is 10.7 Å². The summed E-state index contributed by atoms with van der Waals surface area (Å²) in [6.07, 6.45) is 7.99. The molecule has 122 valence electrons. The monoisotopic (exact) mass is 313 g/mol. The van der Waals surface area contributed by atoms with Crippen molar-refractivity contribution >= 4 is 0 Å². The number of nitrogens with zero attached hydrogens (tertiary/aromatic N) is 5. The molecule has 0 amide bonds. The van der Waals surface area contributed by atoms with E-state index in [1.807, 2.05) is 19.6 Å². The van der Waals surface area contributed by atoms with Crippen LogP contribution in [0.5, 0.6) is 0 Å². The molecule has 2 aromatic heterocycles. The van der Waals surface area contributed by atoms with E-state index < -0.39 is 0 Å². The van der Waals surface area contributed by atoms with Gasteiger partial charge in [0.1, 0.15) is 0 Å². The van der Waals surface area contributed by atoms with Gasteiger partial charge in [-0.05, 0) is 24.8 Å². The predicted octanol–water partition coefficient (Wildman–Crippen LogP) is 0.640. The van der Waals surface area contributed by atoms with Crippen LogP contribution < -0.4 is 5.56 Å². The quantitative estimate of drug-likeness (QED) is 0.813. The molecule has 1 fully saturated rings. The van der Waals surface area contributed by atoms with Gasteiger partial charge in [0.05, 0.1) is 18.6 Å². The maximum Gasteiger partial charge on any atom is 0.267 e. The number of likely N-dealkylation sites (tertiary alicyclic amines) is 1. The zero-order valence-electron chi connectivity index (χ0n) is 13.6. The van der Waals surface area contributed by atoms with Crippen LogP contribution in [0.2, 0.25) is 0 Å². The Kier molecular flexibility index (Phi) is 3.77. The smallest absolute Gasteiger partial charge is 0.267 e. The Hall–Kier alpha value is -1.95. The highest BCUT2D eigenvalue weighted by atomic mass is 16.1. The van der Waals surface area contributed by atoms with E-state index >= 15 is 0 Å². The number of imidazole rings is 1. The predicted molar refractivity (Wildman–Crippen MR) is 87.4 cm³/mol. The number of aromatic nitrogens is 4. The van der Waals surface area contributed by atoms with Gasteiger partial charge in [-0.1, -0.05) is 0 Å². The summed E-state index contributed by atoms with van der Waals surface area (Å²) in [5.74, 6) is 0.547. The minimum atomic E-state index is 0.0685. The lowest BCUT2D eigenvalue weighted by atomic mass is 10.00. The van der Waals surface area contributed by atoms with Gasteiger partial charge in [-0.15, -0.1) is 0 Å². The Bertz CT molecular complexity index is 757. The van der Waals surface area contributed by atoms with Crippen molar-refractivity contribution in [2.45, 2.75) is 32.2 Å². The fraction of sp³-hybridized carbons (Fsp3) is 0.588. The van der Waals surface area contributed by atoms with Crippen molar-refractivity contribution in [3.8, 4) is 0 Å². The van der Waals surface area contributed by atoms with Crippen LogP contribution in [0, 0.1) is 5.92 Å². The second-order valence-corrected chi connectivity index (χ2v) is 6.86. The van der Waals surface area contributed by atoms with Crippen molar-refractivity contribution in [3.63, 3.8) is 0 Å². The zero-order valence-corrected chi connectivity index (χ0v) is 13.6.